The maximum atomic E-state index is 12.1. The lowest BCUT2D eigenvalue weighted by molar-refractivity contribution is 0.232. The van der Waals surface area contributed by atoms with Crippen molar-refractivity contribution in [3.8, 4) is 10.6 Å². The predicted octanol–water partition coefficient (Wildman–Crippen LogP) is 4.90. The number of amides is 2. The highest BCUT2D eigenvalue weighted by molar-refractivity contribution is 7.15. The minimum Gasteiger partial charge on any atom is -0.335 e. The normalized spacial score (nSPS) is 15.2. The van der Waals surface area contributed by atoms with E-state index in [9.17, 15) is 4.79 Å². The summed E-state index contributed by atoms with van der Waals surface area (Å²) in [4.78, 5) is 17.7. The Balaban J connectivity index is 1.59. The summed E-state index contributed by atoms with van der Waals surface area (Å²) >= 11 is 7.82. The van der Waals surface area contributed by atoms with Crippen LogP contribution < -0.4 is 10.6 Å². The summed E-state index contributed by atoms with van der Waals surface area (Å²) in [5.74, 6) is 0. The van der Waals surface area contributed by atoms with Crippen LogP contribution in [-0.4, -0.2) is 17.1 Å². The Kier molecular flexibility index (Phi) is 5.74. The Morgan fingerprint density at radius 1 is 1.29 bits per heavy atom. The van der Waals surface area contributed by atoms with E-state index < -0.39 is 0 Å². The first kappa shape index (κ1) is 17.2. The minimum absolute atomic E-state index is 0.0889. The number of rotatable bonds is 4. The van der Waals surface area contributed by atoms with Gasteiger partial charge in [0.2, 0.25) is 0 Å². The molecule has 0 saturated heterocycles. The number of hydrogen-bond acceptors (Lipinski definition) is 3. The van der Waals surface area contributed by atoms with Gasteiger partial charge in [0.1, 0.15) is 5.01 Å². The molecule has 1 aromatic carbocycles. The summed E-state index contributed by atoms with van der Waals surface area (Å²) in [5.41, 5.74) is 1.87. The Morgan fingerprint density at radius 2 is 2.04 bits per heavy atom. The van der Waals surface area contributed by atoms with Crippen molar-refractivity contribution in [2.45, 2.75) is 51.6 Å². The molecule has 128 valence electrons. The van der Waals surface area contributed by atoms with E-state index in [2.05, 4.69) is 15.6 Å². The van der Waals surface area contributed by atoms with Gasteiger partial charge in [-0.05, 0) is 25.8 Å². The average molecular weight is 364 g/mol. The van der Waals surface area contributed by atoms with E-state index in [0.717, 1.165) is 34.0 Å². The van der Waals surface area contributed by atoms with Gasteiger partial charge in [-0.1, -0.05) is 49.1 Å². The van der Waals surface area contributed by atoms with Crippen LogP contribution >= 0.6 is 22.9 Å². The Morgan fingerprint density at radius 3 is 2.79 bits per heavy atom. The molecule has 0 atom stereocenters. The fourth-order valence-electron chi connectivity index (χ4n) is 2.99. The van der Waals surface area contributed by atoms with Gasteiger partial charge < -0.3 is 10.6 Å². The van der Waals surface area contributed by atoms with E-state index in [4.69, 9.17) is 11.6 Å². The van der Waals surface area contributed by atoms with Crippen LogP contribution in [0.3, 0.4) is 0 Å². The number of aryl methyl sites for hydroxylation is 1. The number of halogens is 1. The molecule has 24 heavy (non-hydrogen) atoms. The zero-order valence-corrected chi connectivity index (χ0v) is 15.3. The van der Waals surface area contributed by atoms with Crippen molar-refractivity contribution in [1.29, 1.82) is 0 Å². The van der Waals surface area contributed by atoms with Crippen LogP contribution in [0.1, 0.15) is 42.7 Å². The van der Waals surface area contributed by atoms with Crippen molar-refractivity contribution >= 4 is 29.0 Å². The standard InChI is InChI=1S/C18H22ClN3OS/c1-12-16(11-20-18(23)22-13-7-3-2-4-8-13)24-17(21-12)14-9-5-6-10-15(14)19/h5-6,9-10,13H,2-4,7-8,11H2,1H3,(H2,20,22,23). The molecular formula is C18H22ClN3OS. The lowest BCUT2D eigenvalue weighted by Crippen LogP contribution is -2.42. The fraction of sp³-hybridized carbons (Fsp3) is 0.444. The third kappa shape index (κ3) is 4.28. The molecule has 1 aromatic heterocycles. The fourth-order valence-corrected chi connectivity index (χ4v) is 4.31. The van der Waals surface area contributed by atoms with Crippen LogP contribution in [0.2, 0.25) is 5.02 Å². The SMILES string of the molecule is Cc1nc(-c2ccccc2Cl)sc1CNC(=O)NC1CCCCC1. The van der Waals surface area contributed by atoms with Crippen LogP contribution in [0, 0.1) is 6.92 Å². The van der Waals surface area contributed by atoms with E-state index in [1.165, 1.54) is 19.3 Å². The molecule has 2 amide bonds. The zero-order chi connectivity index (χ0) is 16.9. The highest BCUT2D eigenvalue weighted by Crippen LogP contribution is 2.32. The average Bonchev–Trinajstić information content (AvgIpc) is 2.95. The number of carbonyl (C=O) groups is 1. The molecule has 1 aliphatic carbocycles. The maximum Gasteiger partial charge on any atom is 0.315 e. The molecule has 1 fully saturated rings. The van der Waals surface area contributed by atoms with Crippen LogP contribution in [0.25, 0.3) is 10.6 Å². The van der Waals surface area contributed by atoms with Gasteiger partial charge in [0.05, 0.1) is 17.3 Å². The molecular weight excluding hydrogens is 342 g/mol. The number of thiazole rings is 1. The maximum absolute atomic E-state index is 12.1. The van der Waals surface area contributed by atoms with Crippen LogP contribution in [0.4, 0.5) is 4.79 Å². The van der Waals surface area contributed by atoms with Crippen molar-refractivity contribution in [2.75, 3.05) is 0 Å². The molecule has 0 radical (unpaired) electrons. The molecule has 1 saturated carbocycles. The van der Waals surface area contributed by atoms with Gasteiger partial charge in [-0.3, -0.25) is 0 Å². The summed E-state index contributed by atoms with van der Waals surface area (Å²) < 4.78 is 0. The van der Waals surface area contributed by atoms with Crippen molar-refractivity contribution in [1.82, 2.24) is 15.6 Å². The van der Waals surface area contributed by atoms with Crippen molar-refractivity contribution in [3.63, 3.8) is 0 Å². The van der Waals surface area contributed by atoms with Gasteiger partial charge in [-0.2, -0.15) is 0 Å². The van der Waals surface area contributed by atoms with E-state index in [-0.39, 0.29) is 6.03 Å². The molecule has 1 aliphatic rings. The summed E-state index contributed by atoms with van der Waals surface area (Å²) in [7, 11) is 0. The quantitative estimate of drug-likeness (QED) is 0.811. The molecule has 4 nitrogen and oxygen atoms in total. The van der Waals surface area contributed by atoms with Crippen molar-refractivity contribution < 1.29 is 4.79 Å². The first-order chi connectivity index (χ1) is 11.6. The van der Waals surface area contributed by atoms with E-state index in [1.807, 2.05) is 31.2 Å². The lowest BCUT2D eigenvalue weighted by atomic mass is 9.96. The number of benzene rings is 1. The Bertz CT molecular complexity index is 710. The van der Waals surface area contributed by atoms with Crippen LogP contribution in [0.5, 0.6) is 0 Å². The number of urea groups is 1. The van der Waals surface area contributed by atoms with Gasteiger partial charge in [0.15, 0.2) is 0 Å². The van der Waals surface area contributed by atoms with Crippen LogP contribution in [-0.2, 0) is 6.54 Å². The summed E-state index contributed by atoms with van der Waals surface area (Å²) in [5, 5.41) is 7.61. The van der Waals surface area contributed by atoms with Gasteiger partial charge in [-0.15, -0.1) is 11.3 Å². The Labute approximate surface area is 151 Å². The molecule has 0 bridgehead atoms. The number of carbonyl (C=O) groups excluding carboxylic acids is 1. The number of aromatic nitrogens is 1. The summed E-state index contributed by atoms with van der Waals surface area (Å²) in [6.45, 7) is 2.46. The Hall–Kier alpha value is -1.59. The smallest absolute Gasteiger partial charge is 0.315 e. The van der Waals surface area contributed by atoms with Gasteiger partial charge in [0, 0.05) is 16.5 Å². The van der Waals surface area contributed by atoms with Crippen LogP contribution in [0.15, 0.2) is 24.3 Å². The first-order valence-electron chi connectivity index (χ1n) is 8.39. The van der Waals surface area contributed by atoms with Crippen molar-refractivity contribution in [3.05, 3.63) is 39.9 Å². The molecule has 1 heterocycles. The second-order valence-corrected chi connectivity index (χ2v) is 7.66. The monoisotopic (exact) mass is 363 g/mol. The number of nitrogens with zero attached hydrogens (tertiary/aromatic N) is 1. The second kappa shape index (κ2) is 7.99. The zero-order valence-electron chi connectivity index (χ0n) is 13.8. The third-order valence-corrected chi connectivity index (χ3v) is 5.87. The predicted molar refractivity (Wildman–Crippen MR) is 99.5 cm³/mol. The summed E-state index contributed by atoms with van der Waals surface area (Å²) in [6, 6.07) is 7.92. The molecule has 0 unspecified atom stereocenters. The number of hydrogen-bond donors (Lipinski definition) is 2. The molecule has 3 rings (SSSR count). The van der Waals surface area contributed by atoms with Crippen molar-refractivity contribution in [2.24, 2.45) is 0 Å². The highest BCUT2D eigenvalue weighted by atomic mass is 35.5. The van der Waals surface area contributed by atoms with E-state index in [1.54, 1.807) is 11.3 Å². The topological polar surface area (TPSA) is 54.0 Å². The molecule has 2 aromatic rings. The van der Waals surface area contributed by atoms with E-state index >= 15 is 0 Å². The van der Waals surface area contributed by atoms with E-state index in [0.29, 0.717) is 17.6 Å². The molecule has 2 N–H and O–H groups in total. The largest absolute Gasteiger partial charge is 0.335 e. The third-order valence-electron chi connectivity index (χ3n) is 4.35. The highest BCUT2D eigenvalue weighted by Gasteiger charge is 2.16. The molecule has 0 aliphatic heterocycles. The molecule has 0 spiro atoms. The van der Waals surface area contributed by atoms with Gasteiger partial charge >= 0.3 is 6.03 Å². The van der Waals surface area contributed by atoms with Gasteiger partial charge in [0.25, 0.3) is 0 Å². The lowest BCUT2D eigenvalue weighted by Gasteiger charge is -2.22. The minimum atomic E-state index is -0.0889. The first-order valence-corrected chi connectivity index (χ1v) is 9.58. The molecule has 6 heteroatoms. The number of nitrogens with one attached hydrogen (secondary N) is 2. The summed E-state index contributed by atoms with van der Waals surface area (Å²) in [6.07, 6.45) is 5.87. The second-order valence-electron chi connectivity index (χ2n) is 6.17. The van der Waals surface area contributed by atoms with Gasteiger partial charge in [-0.25, -0.2) is 9.78 Å².